The Morgan fingerprint density at radius 3 is 2.84 bits per heavy atom. The number of aromatic nitrogens is 1. The van der Waals surface area contributed by atoms with Crippen molar-refractivity contribution >= 4 is 10.9 Å². The van der Waals surface area contributed by atoms with Crippen molar-refractivity contribution in [3.05, 3.63) is 30.0 Å². The summed E-state index contributed by atoms with van der Waals surface area (Å²) in [7, 11) is 1.69. The van der Waals surface area contributed by atoms with Gasteiger partial charge < -0.3 is 20.2 Å². The van der Waals surface area contributed by atoms with Crippen molar-refractivity contribution in [1.82, 2.24) is 4.98 Å². The number of benzene rings is 1. The van der Waals surface area contributed by atoms with Crippen LogP contribution in [0.5, 0.6) is 5.75 Å². The van der Waals surface area contributed by atoms with Crippen molar-refractivity contribution in [2.24, 2.45) is 5.73 Å². The Hall–Kier alpha value is -1.52. The number of nitrogens with one attached hydrogen (secondary N) is 1. The molecule has 2 heterocycles. The molecule has 1 saturated heterocycles. The molecule has 0 amide bonds. The molecule has 1 aliphatic heterocycles. The first-order valence-corrected chi connectivity index (χ1v) is 6.72. The number of fused-ring (bicyclic) bond motifs is 1. The van der Waals surface area contributed by atoms with Crippen LogP contribution in [0.15, 0.2) is 24.4 Å². The lowest BCUT2D eigenvalue weighted by Gasteiger charge is -2.36. The van der Waals surface area contributed by atoms with Crippen molar-refractivity contribution in [2.75, 3.05) is 26.9 Å². The fraction of sp³-hybridized carbons (Fsp3) is 0.467. The molecule has 102 valence electrons. The Kier molecular flexibility index (Phi) is 3.21. The summed E-state index contributed by atoms with van der Waals surface area (Å²) in [5.74, 6) is 0.870. The molecule has 4 heteroatoms. The molecule has 1 aliphatic rings. The molecule has 0 radical (unpaired) electrons. The molecule has 3 rings (SSSR count). The normalized spacial score (nSPS) is 18.6. The molecule has 1 aromatic carbocycles. The Bertz CT molecular complexity index is 571. The second-order valence-electron chi connectivity index (χ2n) is 5.21. The van der Waals surface area contributed by atoms with Crippen LogP contribution in [0.25, 0.3) is 10.9 Å². The monoisotopic (exact) mass is 260 g/mol. The van der Waals surface area contributed by atoms with Gasteiger partial charge in [0.1, 0.15) is 5.75 Å². The van der Waals surface area contributed by atoms with E-state index < -0.39 is 0 Å². The summed E-state index contributed by atoms with van der Waals surface area (Å²) < 4.78 is 10.8. The first-order chi connectivity index (χ1) is 9.29. The SMILES string of the molecule is COc1ccc2c(C3(CN)CCOCC3)c[nH]c2c1. The van der Waals surface area contributed by atoms with Crippen molar-refractivity contribution in [1.29, 1.82) is 0 Å². The van der Waals surface area contributed by atoms with Gasteiger partial charge in [0.05, 0.1) is 7.11 Å². The zero-order valence-corrected chi connectivity index (χ0v) is 11.2. The van der Waals surface area contributed by atoms with Crippen LogP contribution in [-0.4, -0.2) is 31.9 Å². The predicted molar refractivity (Wildman–Crippen MR) is 75.6 cm³/mol. The highest BCUT2D eigenvalue weighted by Gasteiger charge is 2.35. The van der Waals surface area contributed by atoms with E-state index in [2.05, 4.69) is 17.2 Å². The number of rotatable bonds is 3. The lowest BCUT2D eigenvalue weighted by atomic mass is 9.74. The third kappa shape index (κ3) is 2.01. The van der Waals surface area contributed by atoms with E-state index in [0.29, 0.717) is 6.54 Å². The second-order valence-corrected chi connectivity index (χ2v) is 5.21. The third-order valence-corrected chi connectivity index (χ3v) is 4.30. The first-order valence-electron chi connectivity index (χ1n) is 6.72. The van der Waals surface area contributed by atoms with Crippen LogP contribution in [-0.2, 0) is 10.2 Å². The standard InChI is InChI=1S/C15H20N2O2/c1-18-11-2-3-12-13(9-17-14(12)8-11)15(10-16)4-6-19-7-5-15/h2-3,8-9,17H,4-7,10,16H2,1H3. The van der Waals surface area contributed by atoms with Crippen molar-refractivity contribution in [3.63, 3.8) is 0 Å². The van der Waals surface area contributed by atoms with Gasteiger partial charge in [-0.25, -0.2) is 0 Å². The summed E-state index contributed by atoms with van der Waals surface area (Å²) in [6.07, 6.45) is 4.08. The van der Waals surface area contributed by atoms with E-state index in [4.69, 9.17) is 15.2 Å². The van der Waals surface area contributed by atoms with Gasteiger partial charge in [0.15, 0.2) is 0 Å². The first kappa shape index (κ1) is 12.5. The zero-order valence-electron chi connectivity index (χ0n) is 11.2. The summed E-state index contributed by atoms with van der Waals surface area (Å²) in [5.41, 5.74) is 8.55. The highest BCUT2D eigenvalue weighted by atomic mass is 16.5. The van der Waals surface area contributed by atoms with Gasteiger partial charge in [-0.3, -0.25) is 0 Å². The molecule has 0 spiro atoms. The van der Waals surface area contributed by atoms with Crippen molar-refractivity contribution < 1.29 is 9.47 Å². The molecule has 0 aliphatic carbocycles. The molecule has 19 heavy (non-hydrogen) atoms. The van der Waals surface area contributed by atoms with Crippen LogP contribution in [0.3, 0.4) is 0 Å². The van der Waals surface area contributed by atoms with E-state index in [1.807, 2.05) is 12.1 Å². The fourth-order valence-electron chi connectivity index (χ4n) is 3.02. The van der Waals surface area contributed by atoms with Crippen LogP contribution in [0.2, 0.25) is 0 Å². The van der Waals surface area contributed by atoms with Crippen LogP contribution < -0.4 is 10.5 Å². The number of hydrogen-bond acceptors (Lipinski definition) is 3. The van der Waals surface area contributed by atoms with Gasteiger partial charge in [0, 0.05) is 48.3 Å². The van der Waals surface area contributed by atoms with E-state index >= 15 is 0 Å². The van der Waals surface area contributed by atoms with Gasteiger partial charge in [0.25, 0.3) is 0 Å². The molecular formula is C15H20N2O2. The van der Waals surface area contributed by atoms with Gasteiger partial charge in [0.2, 0.25) is 0 Å². The topological polar surface area (TPSA) is 60.3 Å². The number of hydrogen-bond donors (Lipinski definition) is 2. The predicted octanol–water partition coefficient (Wildman–Crippen LogP) is 2.18. The molecule has 0 atom stereocenters. The van der Waals surface area contributed by atoms with Crippen molar-refractivity contribution in [2.45, 2.75) is 18.3 Å². The molecule has 0 saturated carbocycles. The molecular weight excluding hydrogens is 240 g/mol. The van der Waals surface area contributed by atoms with Crippen molar-refractivity contribution in [3.8, 4) is 5.75 Å². The number of aromatic amines is 1. The number of methoxy groups -OCH3 is 1. The maximum Gasteiger partial charge on any atom is 0.120 e. The summed E-state index contributed by atoms with van der Waals surface area (Å²) in [4.78, 5) is 3.34. The summed E-state index contributed by atoms with van der Waals surface area (Å²) >= 11 is 0. The molecule has 1 fully saturated rings. The van der Waals surface area contributed by atoms with Crippen LogP contribution in [0.4, 0.5) is 0 Å². The summed E-state index contributed by atoms with van der Waals surface area (Å²) in [5, 5.41) is 1.24. The Morgan fingerprint density at radius 2 is 2.16 bits per heavy atom. The molecule has 4 nitrogen and oxygen atoms in total. The Labute approximate surface area is 112 Å². The lowest BCUT2D eigenvalue weighted by Crippen LogP contribution is -2.40. The number of H-pyrrole nitrogens is 1. The molecule has 0 unspecified atom stereocenters. The van der Waals surface area contributed by atoms with Gasteiger partial charge in [-0.15, -0.1) is 0 Å². The van der Waals surface area contributed by atoms with Gasteiger partial charge in [-0.2, -0.15) is 0 Å². The minimum absolute atomic E-state index is 0.0467. The van der Waals surface area contributed by atoms with E-state index in [1.165, 1.54) is 10.9 Å². The van der Waals surface area contributed by atoms with E-state index in [9.17, 15) is 0 Å². The highest BCUT2D eigenvalue weighted by Crippen LogP contribution is 2.38. The minimum atomic E-state index is 0.0467. The highest BCUT2D eigenvalue weighted by molar-refractivity contribution is 5.85. The fourth-order valence-corrected chi connectivity index (χ4v) is 3.02. The Balaban J connectivity index is 2.08. The average molecular weight is 260 g/mol. The average Bonchev–Trinajstić information content (AvgIpc) is 2.91. The third-order valence-electron chi connectivity index (χ3n) is 4.30. The molecule has 3 N–H and O–H groups in total. The van der Waals surface area contributed by atoms with Gasteiger partial charge in [-0.05, 0) is 30.5 Å². The maximum absolute atomic E-state index is 6.08. The van der Waals surface area contributed by atoms with Gasteiger partial charge >= 0.3 is 0 Å². The van der Waals surface area contributed by atoms with E-state index in [0.717, 1.165) is 37.3 Å². The minimum Gasteiger partial charge on any atom is -0.497 e. The lowest BCUT2D eigenvalue weighted by molar-refractivity contribution is 0.0534. The van der Waals surface area contributed by atoms with Gasteiger partial charge in [-0.1, -0.05) is 0 Å². The van der Waals surface area contributed by atoms with E-state index in [-0.39, 0.29) is 5.41 Å². The van der Waals surface area contributed by atoms with Crippen LogP contribution >= 0.6 is 0 Å². The molecule has 2 aromatic rings. The smallest absolute Gasteiger partial charge is 0.120 e. The summed E-state index contributed by atoms with van der Waals surface area (Å²) in [6, 6.07) is 6.15. The van der Waals surface area contributed by atoms with Crippen LogP contribution in [0, 0.1) is 0 Å². The Morgan fingerprint density at radius 1 is 1.37 bits per heavy atom. The maximum atomic E-state index is 6.08. The number of nitrogens with two attached hydrogens (primary N) is 1. The largest absolute Gasteiger partial charge is 0.497 e. The summed E-state index contributed by atoms with van der Waals surface area (Å²) in [6.45, 7) is 2.25. The second kappa shape index (κ2) is 4.87. The molecule has 0 bridgehead atoms. The quantitative estimate of drug-likeness (QED) is 0.889. The number of ether oxygens (including phenoxy) is 2. The molecule has 1 aromatic heterocycles. The zero-order chi connectivity index (χ0) is 13.3. The van der Waals surface area contributed by atoms with Crippen LogP contribution in [0.1, 0.15) is 18.4 Å². The van der Waals surface area contributed by atoms with E-state index in [1.54, 1.807) is 7.11 Å².